The Labute approximate surface area is 392 Å². The standard InChI is InChI=1S/C58H106O5/c1-3-5-7-9-11-13-15-17-19-20-21-22-23-24-25-26-27-28-29-30-31-32-33-34-35-36-37-38-39-41-43-45-47-49-51-53-58(61)63-56(54-59)55-62-57(60)52-50-48-46-44-42-40-18-16-14-12-10-8-6-4-2/h5,7,11,13,17,19,21-22,56,59H,3-4,6,8-10,12,14-16,18,20,23-55H2,1-2H3/b7-5-,13-11-,19-17-,22-21-. The number of carbonyl (C=O) groups excluding carboxylic acids is 2. The van der Waals surface area contributed by atoms with Crippen molar-refractivity contribution in [1.82, 2.24) is 0 Å². The van der Waals surface area contributed by atoms with Gasteiger partial charge in [0.25, 0.3) is 0 Å². The van der Waals surface area contributed by atoms with Gasteiger partial charge in [-0.3, -0.25) is 9.59 Å². The van der Waals surface area contributed by atoms with Crippen LogP contribution in [0.15, 0.2) is 48.6 Å². The fourth-order valence-electron chi connectivity index (χ4n) is 8.26. The van der Waals surface area contributed by atoms with Crippen LogP contribution in [0, 0.1) is 0 Å². The molecule has 0 saturated heterocycles. The van der Waals surface area contributed by atoms with E-state index in [1.54, 1.807) is 0 Å². The molecule has 0 fully saturated rings. The van der Waals surface area contributed by atoms with Crippen LogP contribution in [-0.4, -0.2) is 36.4 Å². The second kappa shape index (κ2) is 54.2. The molecule has 0 amide bonds. The monoisotopic (exact) mass is 883 g/mol. The Morgan fingerprint density at radius 3 is 1.03 bits per heavy atom. The molecule has 5 heteroatoms. The normalized spacial score (nSPS) is 12.5. The number of ether oxygens (including phenoxy) is 2. The quantitative estimate of drug-likeness (QED) is 0.0374. The fraction of sp³-hybridized carbons (Fsp3) is 0.828. The first-order valence-electron chi connectivity index (χ1n) is 27.7. The van der Waals surface area contributed by atoms with Crippen LogP contribution in [0.3, 0.4) is 0 Å². The zero-order chi connectivity index (χ0) is 45.6. The minimum atomic E-state index is -0.767. The van der Waals surface area contributed by atoms with Crippen LogP contribution >= 0.6 is 0 Å². The lowest BCUT2D eigenvalue weighted by Gasteiger charge is -2.15. The molecular formula is C58H106O5. The highest BCUT2D eigenvalue weighted by Gasteiger charge is 2.16. The third kappa shape index (κ3) is 52.4. The average molecular weight is 883 g/mol. The molecule has 0 bridgehead atoms. The summed E-state index contributed by atoms with van der Waals surface area (Å²) in [4.78, 5) is 24.4. The molecule has 0 aromatic rings. The summed E-state index contributed by atoms with van der Waals surface area (Å²) in [5, 5.41) is 9.62. The summed E-state index contributed by atoms with van der Waals surface area (Å²) in [5.41, 5.74) is 0. The van der Waals surface area contributed by atoms with E-state index < -0.39 is 6.10 Å². The summed E-state index contributed by atoms with van der Waals surface area (Å²) in [5.74, 6) is -0.574. The highest BCUT2D eigenvalue weighted by atomic mass is 16.6. The Bertz CT molecular complexity index is 1040. The van der Waals surface area contributed by atoms with Crippen molar-refractivity contribution in [3.63, 3.8) is 0 Å². The molecule has 0 aromatic carbocycles. The van der Waals surface area contributed by atoms with E-state index in [9.17, 15) is 14.7 Å². The molecular weight excluding hydrogens is 777 g/mol. The number of rotatable bonds is 51. The second-order valence-corrected chi connectivity index (χ2v) is 18.6. The predicted octanol–water partition coefficient (Wildman–Crippen LogP) is 18.5. The van der Waals surface area contributed by atoms with Gasteiger partial charge in [0.1, 0.15) is 6.61 Å². The Morgan fingerprint density at radius 2 is 0.683 bits per heavy atom. The maximum Gasteiger partial charge on any atom is 0.306 e. The number of aliphatic hydroxyl groups excluding tert-OH is 1. The molecule has 0 spiro atoms. The number of allylic oxidation sites excluding steroid dienone is 8. The number of unbranched alkanes of at least 4 members (excludes halogenated alkanes) is 35. The minimum absolute atomic E-state index is 0.0597. The van der Waals surface area contributed by atoms with E-state index in [4.69, 9.17) is 9.47 Å². The highest BCUT2D eigenvalue weighted by molar-refractivity contribution is 5.70. The van der Waals surface area contributed by atoms with Crippen molar-refractivity contribution >= 4 is 11.9 Å². The summed E-state index contributed by atoms with van der Waals surface area (Å²) in [6.07, 6.45) is 70.9. The van der Waals surface area contributed by atoms with Crippen LogP contribution in [0.25, 0.3) is 0 Å². The van der Waals surface area contributed by atoms with Crippen LogP contribution in [0.4, 0.5) is 0 Å². The van der Waals surface area contributed by atoms with Crippen molar-refractivity contribution in [2.75, 3.05) is 13.2 Å². The van der Waals surface area contributed by atoms with Gasteiger partial charge < -0.3 is 14.6 Å². The van der Waals surface area contributed by atoms with Gasteiger partial charge in [-0.2, -0.15) is 0 Å². The third-order valence-corrected chi connectivity index (χ3v) is 12.4. The van der Waals surface area contributed by atoms with Crippen LogP contribution in [0.2, 0.25) is 0 Å². The lowest BCUT2D eigenvalue weighted by molar-refractivity contribution is -0.161. The molecule has 0 radical (unpaired) electrons. The number of hydrogen-bond acceptors (Lipinski definition) is 5. The van der Waals surface area contributed by atoms with E-state index in [0.29, 0.717) is 12.8 Å². The van der Waals surface area contributed by atoms with Gasteiger partial charge in [-0.15, -0.1) is 0 Å². The molecule has 0 aromatic heterocycles. The maximum absolute atomic E-state index is 12.3. The lowest BCUT2D eigenvalue weighted by atomic mass is 10.0. The van der Waals surface area contributed by atoms with Crippen molar-refractivity contribution in [3.8, 4) is 0 Å². The molecule has 368 valence electrons. The first-order chi connectivity index (χ1) is 31.1. The minimum Gasteiger partial charge on any atom is -0.462 e. The van der Waals surface area contributed by atoms with Gasteiger partial charge in [0.15, 0.2) is 6.10 Å². The van der Waals surface area contributed by atoms with Gasteiger partial charge in [-0.1, -0.05) is 274 Å². The molecule has 1 unspecified atom stereocenters. The number of carbonyl (C=O) groups is 2. The van der Waals surface area contributed by atoms with Gasteiger partial charge in [-0.25, -0.2) is 0 Å². The SMILES string of the molecule is CC/C=C\C/C=C\C/C=C\C/C=C\CCCCCCCCCCCCCCCCCCCCCCCCC(=O)OC(CO)COC(=O)CCCCCCCCCCCCCCCC. The van der Waals surface area contributed by atoms with Crippen molar-refractivity contribution in [2.45, 2.75) is 296 Å². The Morgan fingerprint density at radius 1 is 0.381 bits per heavy atom. The molecule has 0 saturated carbocycles. The summed E-state index contributed by atoms with van der Waals surface area (Å²) in [6, 6.07) is 0. The number of aliphatic hydroxyl groups is 1. The van der Waals surface area contributed by atoms with E-state index in [0.717, 1.165) is 57.8 Å². The van der Waals surface area contributed by atoms with Crippen molar-refractivity contribution in [1.29, 1.82) is 0 Å². The van der Waals surface area contributed by atoms with Gasteiger partial charge in [0.05, 0.1) is 6.61 Å². The molecule has 0 rings (SSSR count). The van der Waals surface area contributed by atoms with E-state index in [2.05, 4.69) is 62.5 Å². The molecule has 1 N–H and O–H groups in total. The van der Waals surface area contributed by atoms with Gasteiger partial charge in [0.2, 0.25) is 0 Å². The van der Waals surface area contributed by atoms with Crippen LogP contribution in [-0.2, 0) is 19.1 Å². The second-order valence-electron chi connectivity index (χ2n) is 18.6. The van der Waals surface area contributed by atoms with Crippen molar-refractivity contribution in [2.24, 2.45) is 0 Å². The van der Waals surface area contributed by atoms with Gasteiger partial charge in [0, 0.05) is 12.8 Å². The molecule has 0 aliphatic carbocycles. The lowest BCUT2D eigenvalue weighted by Crippen LogP contribution is -2.28. The zero-order valence-electron chi connectivity index (χ0n) is 42.1. The Balaban J connectivity index is 3.40. The highest BCUT2D eigenvalue weighted by Crippen LogP contribution is 2.17. The summed E-state index contributed by atoms with van der Waals surface area (Å²) in [6.45, 7) is 4.06. The number of hydrogen-bond donors (Lipinski definition) is 1. The fourth-order valence-corrected chi connectivity index (χ4v) is 8.26. The molecule has 1 atom stereocenters. The van der Waals surface area contributed by atoms with E-state index in [1.807, 2.05) is 0 Å². The predicted molar refractivity (Wildman–Crippen MR) is 274 cm³/mol. The third-order valence-electron chi connectivity index (χ3n) is 12.4. The summed E-state index contributed by atoms with van der Waals surface area (Å²) < 4.78 is 10.7. The Kier molecular flexibility index (Phi) is 52.4. The van der Waals surface area contributed by atoms with Crippen molar-refractivity contribution < 1.29 is 24.2 Å². The van der Waals surface area contributed by atoms with Crippen LogP contribution in [0.5, 0.6) is 0 Å². The first-order valence-corrected chi connectivity index (χ1v) is 27.7. The molecule has 63 heavy (non-hydrogen) atoms. The smallest absolute Gasteiger partial charge is 0.306 e. The summed E-state index contributed by atoms with van der Waals surface area (Å²) in [7, 11) is 0. The van der Waals surface area contributed by atoms with E-state index >= 15 is 0 Å². The zero-order valence-corrected chi connectivity index (χ0v) is 42.1. The maximum atomic E-state index is 12.3. The first kappa shape index (κ1) is 60.9. The molecule has 0 aliphatic rings. The van der Waals surface area contributed by atoms with E-state index in [-0.39, 0.29) is 25.2 Å². The van der Waals surface area contributed by atoms with Crippen LogP contribution < -0.4 is 0 Å². The molecule has 0 aliphatic heterocycles. The Hall–Kier alpha value is -2.14. The topological polar surface area (TPSA) is 72.8 Å². The van der Waals surface area contributed by atoms with Gasteiger partial charge in [-0.05, 0) is 51.4 Å². The number of esters is 2. The molecule has 0 heterocycles. The van der Waals surface area contributed by atoms with Gasteiger partial charge >= 0.3 is 11.9 Å². The largest absolute Gasteiger partial charge is 0.462 e. The average Bonchev–Trinajstić information content (AvgIpc) is 3.29. The summed E-state index contributed by atoms with van der Waals surface area (Å²) >= 11 is 0. The van der Waals surface area contributed by atoms with Crippen LogP contribution in [0.1, 0.15) is 290 Å². The molecule has 5 nitrogen and oxygen atoms in total. The van der Waals surface area contributed by atoms with Crippen molar-refractivity contribution in [3.05, 3.63) is 48.6 Å². The van der Waals surface area contributed by atoms with E-state index in [1.165, 1.54) is 205 Å².